The molecule has 1 aliphatic rings. The van der Waals surface area contributed by atoms with Crippen LogP contribution in [0.1, 0.15) is 34.3 Å². The van der Waals surface area contributed by atoms with Crippen LogP contribution in [0.3, 0.4) is 0 Å². The predicted molar refractivity (Wildman–Crippen MR) is 123 cm³/mol. The number of amidine groups is 1. The lowest BCUT2D eigenvalue weighted by molar-refractivity contribution is 0.102. The molecule has 0 bridgehead atoms. The van der Waals surface area contributed by atoms with Crippen molar-refractivity contribution < 1.29 is 9.18 Å². The highest BCUT2D eigenvalue weighted by atomic mass is 32.2. The summed E-state index contributed by atoms with van der Waals surface area (Å²) in [6.07, 6.45) is 0.668. The number of rotatable bonds is 4. The Morgan fingerprint density at radius 1 is 1.23 bits per heavy atom. The Morgan fingerprint density at radius 2 is 2.00 bits per heavy atom. The molecular weight excluding hydrogens is 419 g/mol. The molecule has 1 aliphatic heterocycles. The summed E-state index contributed by atoms with van der Waals surface area (Å²) in [7, 11) is 0. The van der Waals surface area contributed by atoms with Crippen LogP contribution < -0.4 is 11.1 Å². The first-order chi connectivity index (χ1) is 14.4. The number of carbonyl (C=O) groups excluding carboxylic acids is 1. The molecule has 3 N–H and O–H groups in total. The van der Waals surface area contributed by atoms with Gasteiger partial charge in [0.2, 0.25) is 0 Å². The van der Waals surface area contributed by atoms with Crippen molar-refractivity contribution in [2.24, 2.45) is 10.7 Å². The number of hydrogen-bond donors (Lipinski definition) is 2. The van der Waals surface area contributed by atoms with Gasteiger partial charge >= 0.3 is 0 Å². The number of thiazole rings is 1. The minimum atomic E-state index is -0.749. The van der Waals surface area contributed by atoms with Crippen molar-refractivity contribution in [3.63, 3.8) is 0 Å². The van der Waals surface area contributed by atoms with Crippen LogP contribution in [0.2, 0.25) is 0 Å². The number of carbonyl (C=O) groups is 1. The van der Waals surface area contributed by atoms with Gasteiger partial charge < -0.3 is 11.1 Å². The fraction of sp³-hybridized carbons (Fsp3) is 0.227. The average Bonchev–Trinajstić information content (AvgIpc) is 3.12. The number of aromatic nitrogens is 1. The second-order valence-corrected chi connectivity index (χ2v) is 9.38. The van der Waals surface area contributed by atoms with Crippen LogP contribution in [0.15, 0.2) is 53.5 Å². The van der Waals surface area contributed by atoms with E-state index in [0.717, 1.165) is 16.3 Å². The van der Waals surface area contributed by atoms with E-state index in [0.29, 0.717) is 33.4 Å². The number of halogens is 1. The number of nitrogens with two attached hydrogens (primary N) is 1. The van der Waals surface area contributed by atoms with Crippen LogP contribution in [0, 0.1) is 12.7 Å². The molecule has 0 spiro atoms. The maximum absolute atomic E-state index is 14.6. The van der Waals surface area contributed by atoms with Gasteiger partial charge in [-0.25, -0.2) is 9.37 Å². The van der Waals surface area contributed by atoms with Gasteiger partial charge in [-0.3, -0.25) is 9.79 Å². The van der Waals surface area contributed by atoms with Crippen LogP contribution in [-0.2, 0) is 5.54 Å². The number of aliphatic imine (C=N–C) groups is 1. The minimum Gasteiger partial charge on any atom is -0.379 e. The van der Waals surface area contributed by atoms with Crippen molar-refractivity contribution in [3.8, 4) is 10.6 Å². The highest BCUT2D eigenvalue weighted by molar-refractivity contribution is 8.13. The number of anilines is 1. The fourth-order valence-corrected chi connectivity index (χ4v) is 5.34. The third kappa shape index (κ3) is 4.11. The van der Waals surface area contributed by atoms with Crippen molar-refractivity contribution >= 4 is 39.9 Å². The van der Waals surface area contributed by atoms with Gasteiger partial charge in [-0.05, 0) is 38.5 Å². The monoisotopic (exact) mass is 440 g/mol. The maximum Gasteiger partial charge on any atom is 0.267 e. The molecule has 0 fully saturated rings. The molecule has 2 aromatic carbocycles. The second kappa shape index (κ2) is 8.20. The summed E-state index contributed by atoms with van der Waals surface area (Å²) in [6, 6.07) is 14.3. The fourth-order valence-electron chi connectivity index (χ4n) is 3.40. The average molecular weight is 441 g/mol. The van der Waals surface area contributed by atoms with E-state index in [1.165, 1.54) is 29.2 Å². The molecule has 1 aromatic heterocycles. The zero-order chi connectivity index (χ0) is 21.3. The van der Waals surface area contributed by atoms with Crippen LogP contribution in [0.4, 0.5) is 10.1 Å². The van der Waals surface area contributed by atoms with Crippen LogP contribution >= 0.6 is 23.1 Å². The molecule has 4 rings (SSSR count). The molecule has 1 amide bonds. The van der Waals surface area contributed by atoms with E-state index in [9.17, 15) is 9.18 Å². The quantitative estimate of drug-likeness (QED) is 0.586. The van der Waals surface area contributed by atoms with Crippen LogP contribution in [0.25, 0.3) is 10.6 Å². The van der Waals surface area contributed by atoms with E-state index < -0.39 is 5.54 Å². The summed E-state index contributed by atoms with van der Waals surface area (Å²) in [5, 5.41) is 4.12. The molecule has 0 radical (unpaired) electrons. The Balaban J connectivity index is 1.60. The van der Waals surface area contributed by atoms with Gasteiger partial charge in [0.25, 0.3) is 5.91 Å². The third-order valence-corrected chi connectivity index (χ3v) is 7.02. The molecule has 154 valence electrons. The number of benzene rings is 2. The summed E-state index contributed by atoms with van der Waals surface area (Å²) >= 11 is 2.80. The lowest BCUT2D eigenvalue weighted by Gasteiger charge is -2.30. The lowest BCUT2D eigenvalue weighted by atomic mass is 9.89. The standard InChI is InChI=1S/C22H21FN4OS2/c1-13-18(30-20(25-13)14-6-4-3-5-7-14)19(28)26-15-8-9-17(23)16(12-15)22(2)10-11-29-21(24)27-22/h3-9,12H,10-11H2,1-2H3,(H2,24,27)(H,26,28). The first kappa shape index (κ1) is 20.6. The Morgan fingerprint density at radius 3 is 2.73 bits per heavy atom. The maximum atomic E-state index is 14.6. The summed E-state index contributed by atoms with van der Waals surface area (Å²) < 4.78 is 14.6. The summed E-state index contributed by atoms with van der Waals surface area (Å²) in [4.78, 5) is 22.4. The second-order valence-electron chi connectivity index (χ2n) is 7.27. The van der Waals surface area contributed by atoms with E-state index in [1.807, 2.05) is 44.2 Å². The molecule has 30 heavy (non-hydrogen) atoms. The van der Waals surface area contributed by atoms with Gasteiger partial charge in [0.15, 0.2) is 5.17 Å². The highest BCUT2D eigenvalue weighted by Crippen LogP contribution is 2.37. The Bertz CT molecular complexity index is 1130. The zero-order valence-corrected chi connectivity index (χ0v) is 18.2. The minimum absolute atomic E-state index is 0.267. The number of hydrogen-bond acceptors (Lipinski definition) is 6. The van der Waals surface area contributed by atoms with E-state index in [-0.39, 0.29) is 11.7 Å². The van der Waals surface area contributed by atoms with Crippen molar-refractivity contribution in [3.05, 3.63) is 70.5 Å². The number of aryl methyl sites for hydroxylation is 1. The molecule has 5 nitrogen and oxygen atoms in total. The number of nitrogens with one attached hydrogen (secondary N) is 1. The molecule has 2 heterocycles. The highest BCUT2D eigenvalue weighted by Gasteiger charge is 2.32. The van der Waals surface area contributed by atoms with Crippen molar-refractivity contribution in [1.29, 1.82) is 0 Å². The van der Waals surface area contributed by atoms with Crippen molar-refractivity contribution in [1.82, 2.24) is 4.98 Å². The van der Waals surface area contributed by atoms with E-state index in [1.54, 1.807) is 12.1 Å². The van der Waals surface area contributed by atoms with Crippen molar-refractivity contribution in [2.45, 2.75) is 25.8 Å². The molecule has 3 aromatic rings. The van der Waals surface area contributed by atoms with Gasteiger partial charge in [0, 0.05) is 22.6 Å². The molecule has 0 aliphatic carbocycles. The van der Waals surface area contributed by atoms with Gasteiger partial charge in [-0.15, -0.1) is 11.3 Å². The number of amides is 1. The van der Waals surface area contributed by atoms with Crippen LogP contribution in [-0.4, -0.2) is 21.8 Å². The normalized spacial score (nSPS) is 18.7. The Labute approximate surface area is 182 Å². The molecule has 1 unspecified atom stereocenters. The molecular formula is C22H21FN4OS2. The van der Waals surface area contributed by atoms with E-state index in [2.05, 4.69) is 15.3 Å². The number of thioether (sulfide) groups is 1. The van der Waals surface area contributed by atoms with E-state index in [4.69, 9.17) is 5.73 Å². The molecule has 0 saturated heterocycles. The Hall–Kier alpha value is -2.71. The van der Waals surface area contributed by atoms with Crippen molar-refractivity contribution in [2.75, 3.05) is 11.1 Å². The van der Waals surface area contributed by atoms with Gasteiger partial charge in [-0.2, -0.15) is 0 Å². The van der Waals surface area contributed by atoms with E-state index >= 15 is 0 Å². The number of nitrogens with zero attached hydrogens (tertiary/aromatic N) is 2. The topological polar surface area (TPSA) is 80.4 Å². The molecule has 8 heteroatoms. The summed E-state index contributed by atoms with van der Waals surface area (Å²) in [6.45, 7) is 3.68. The predicted octanol–water partition coefficient (Wildman–Crippen LogP) is 5.18. The molecule has 0 saturated carbocycles. The zero-order valence-electron chi connectivity index (χ0n) is 16.6. The third-order valence-electron chi connectivity index (χ3n) is 5.02. The van der Waals surface area contributed by atoms with Crippen LogP contribution in [0.5, 0.6) is 0 Å². The summed E-state index contributed by atoms with van der Waals surface area (Å²) in [5.74, 6) is 0.140. The molecule has 1 atom stereocenters. The van der Waals surface area contributed by atoms with Gasteiger partial charge in [0.1, 0.15) is 15.7 Å². The Kier molecular flexibility index (Phi) is 5.62. The lowest BCUT2D eigenvalue weighted by Crippen LogP contribution is -2.29. The summed E-state index contributed by atoms with van der Waals surface area (Å²) in [5.41, 5.74) is 7.69. The largest absolute Gasteiger partial charge is 0.379 e. The van der Waals surface area contributed by atoms with Gasteiger partial charge in [-0.1, -0.05) is 42.1 Å². The first-order valence-electron chi connectivity index (χ1n) is 9.48. The SMILES string of the molecule is Cc1nc(-c2ccccc2)sc1C(=O)Nc1ccc(F)c(C2(C)CCSC(N)=N2)c1. The first-order valence-corrected chi connectivity index (χ1v) is 11.3. The smallest absolute Gasteiger partial charge is 0.267 e. The van der Waals surface area contributed by atoms with Gasteiger partial charge in [0.05, 0.1) is 11.2 Å².